The molecule has 3 N–H and O–H groups in total. The van der Waals surface area contributed by atoms with Crippen molar-refractivity contribution < 1.29 is 29.1 Å². The van der Waals surface area contributed by atoms with Gasteiger partial charge in [0.05, 0.1) is 0 Å². The summed E-state index contributed by atoms with van der Waals surface area (Å²) < 4.78 is 14.5. The van der Waals surface area contributed by atoms with Gasteiger partial charge in [0.25, 0.3) is 5.45 Å². The molecule has 0 aromatic heterocycles. The summed E-state index contributed by atoms with van der Waals surface area (Å²) in [5.41, 5.74) is -1.31. The monoisotopic (exact) mass is 183 g/mol. The first-order chi connectivity index (χ1) is 4.95. The Bertz CT molecular complexity index is 234. The highest BCUT2D eigenvalue weighted by Crippen LogP contribution is 2.42. The van der Waals surface area contributed by atoms with Crippen molar-refractivity contribution in [3.8, 4) is 0 Å². The molecule has 0 rings (SSSR count). The van der Waals surface area contributed by atoms with E-state index in [1.165, 1.54) is 0 Å². The molecule has 0 bridgehead atoms. The van der Waals surface area contributed by atoms with Crippen LogP contribution in [0, 0.1) is 0 Å². The van der Waals surface area contributed by atoms with E-state index >= 15 is 0 Å². The van der Waals surface area contributed by atoms with E-state index in [-0.39, 0.29) is 0 Å². The van der Waals surface area contributed by atoms with Crippen LogP contribution in [0.3, 0.4) is 0 Å². The summed E-state index contributed by atoms with van der Waals surface area (Å²) in [5, 5.41) is 18.2. The van der Waals surface area contributed by atoms with E-state index in [1.807, 2.05) is 0 Å². The normalized spacial score (nSPS) is 17.5. The Morgan fingerprint density at radius 2 is 2.09 bits per heavy atom. The van der Waals surface area contributed by atoms with Crippen LogP contribution in [0.15, 0.2) is 5.16 Å². The van der Waals surface area contributed by atoms with Crippen molar-refractivity contribution in [1.29, 1.82) is 0 Å². The highest BCUT2D eigenvalue weighted by atomic mass is 31.2. The highest BCUT2D eigenvalue weighted by molar-refractivity contribution is 7.74. The van der Waals surface area contributed by atoms with Gasteiger partial charge >= 0.3 is 13.6 Å². The lowest BCUT2D eigenvalue weighted by Gasteiger charge is -2.04. The summed E-state index contributed by atoms with van der Waals surface area (Å²) >= 11 is 0. The van der Waals surface area contributed by atoms with Crippen LogP contribution in [0.4, 0.5) is 0 Å². The van der Waals surface area contributed by atoms with Crippen molar-refractivity contribution in [3.05, 3.63) is 0 Å². The van der Waals surface area contributed by atoms with Gasteiger partial charge in [0, 0.05) is 7.11 Å². The van der Waals surface area contributed by atoms with E-state index in [0.29, 0.717) is 0 Å². The molecule has 0 saturated heterocycles. The second kappa shape index (κ2) is 3.47. The first-order valence-electron chi connectivity index (χ1n) is 2.30. The van der Waals surface area contributed by atoms with Crippen LogP contribution in [-0.2, 0) is 13.9 Å². The molecule has 1 unspecified atom stereocenters. The maximum atomic E-state index is 10.6. The van der Waals surface area contributed by atoms with Crippen LogP contribution in [0.5, 0.6) is 0 Å². The van der Waals surface area contributed by atoms with Crippen LogP contribution in [-0.4, -0.2) is 33.7 Å². The Hall–Kier alpha value is -0.910. The maximum absolute atomic E-state index is 10.6. The third kappa shape index (κ3) is 2.30. The minimum absolute atomic E-state index is 0.828. The third-order valence-electron chi connectivity index (χ3n) is 0.801. The number of aliphatic carboxylic acids is 1. The van der Waals surface area contributed by atoms with Crippen LogP contribution in [0.2, 0.25) is 0 Å². The number of hydrogen-bond acceptors (Lipinski definition) is 5. The topological polar surface area (TPSA) is 116 Å². The zero-order valence-electron chi connectivity index (χ0n) is 5.46. The first kappa shape index (κ1) is 10.1. The lowest BCUT2D eigenvalue weighted by atomic mass is 10.8. The van der Waals surface area contributed by atoms with E-state index in [4.69, 9.17) is 15.2 Å². The number of carbonyl (C=O) groups is 1. The zero-order valence-corrected chi connectivity index (χ0v) is 6.36. The average Bonchev–Trinajstić information content (AvgIpc) is 1.88. The highest BCUT2D eigenvalue weighted by Gasteiger charge is 2.33. The molecule has 64 valence electrons. The number of carboxylic acid groups (broad SMARTS) is 1. The van der Waals surface area contributed by atoms with Crippen LogP contribution < -0.4 is 0 Å². The number of hydrogen-bond donors (Lipinski definition) is 3. The Morgan fingerprint density at radius 3 is 2.18 bits per heavy atom. The van der Waals surface area contributed by atoms with Crippen molar-refractivity contribution in [2.24, 2.45) is 5.16 Å². The molecule has 0 aliphatic heterocycles. The standard InChI is InChI=1S/C3H6NO6P/c1-10-11(8,9)2(4-7)3(5)6/h7H,1H3,(H,5,6)(H,8,9). The molecule has 11 heavy (non-hydrogen) atoms. The molecule has 7 nitrogen and oxygen atoms in total. The Labute approximate surface area is 61.4 Å². The van der Waals surface area contributed by atoms with E-state index in [9.17, 15) is 9.36 Å². The van der Waals surface area contributed by atoms with Crippen LogP contribution in [0.1, 0.15) is 0 Å². The van der Waals surface area contributed by atoms with Gasteiger partial charge in [-0.3, -0.25) is 4.57 Å². The quantitative estimate of drug-likeness (QED) is 0.239. The Kier molecular flexibility index (Phi) is 3.18. The fourth-order valence-electron chi connectivity index (χ4n) is 0.307. The molecule has 0 aromatic rings. The minimum atomic E-state index is -4.44. The second-order valence-electron chi connectivity index (χ2n) is 1.43. The van der Waals surface area contributed by atoms with Gasteiger partial charge in [-0.05, 0) is 0 Å². The molecule has 0 spiro atoms. The molecule has 0 aliphatic rings. The second-order valence-corrected chi connectivity index (χ2v) is 3.26. The van der Waals surface area contributed by atoms with Gasteiger partial charge in [0.2, 0.25) is 0 Å². The van der Waals surface area contributed by atoms with Gasteiger partial charge in [-0.25, -0.2) is 4.79 Å². The van der Waals surface area contributed by atoms with Crippen molar-refractivity contribution in [2.75, 3.05) is 7.11 Å². The SMILES string of the molecule is COP(=O)(O)C(=NO)C(=O)O. The van der Waals surface area contributed by atoms with E-state index in [0.717, 1.165) is 7.11 Å². The van der Waals surface area contributed by atoms with Gasteiger partial charge in [-0.2, -0.15) is 0 Å². The van der Waals surface area contributed by atoms with E-state index in [2.05, 4.69) is 9.68 Å². The fourth-order valence-corrected chi connectivity index (χ4v) is 0.834. The van der Waals surface area contributed by atoms with Crippen molar-refractivity contribution in [2.45, 2.75) is 0 Å². The molecule has 0 saturated carbocycles. The maximum Gasteiger partial charge on any atom is 0.387 e. The van der Waals surface area contributed by atoms with Crippen molar-refractivity contribution >= 4 is 19.0 Å². The van der Waals surface area contributed by atoms with Gasteiger partial charge < -0.3 is 19.7 Å². The molecule has 0 fully saturated rings. The number of nitrogens with zero attached hydrogens (tertiary/aromatic N) is 1. The number of rotatable bonds is 3. The average molecular weight is 183 g/mol. The molecule has 1 atom stereocenters. The summed E-state index contributed by atoms with van der Waals surface area (Å²) in [5.74, 6) is -1.81. The summed E-state index contributed by atoms with van der Waals surface area (Å²) in [6.07, 6.45) is 0. The predicted molar refractivity (Wildman–Crippen MR) is 33.7 cm³/mol. The molecule has 0 amide bonds. The lowest BCUT2D eigenvalue weighted by molar-refractivity contribution is -0.129. The number of oxime groups is 1. The molecule has 0 radical (unpaired) electrons. The summed E-state index contributed by atoms with van der Waals surface area (Å²) in [7, 11) is -3.61. The number of carboxylic acids is 1. The smallest absolute Gasteiger partial charge is 0.387 e. The molecule has 0 aromatic carbocycles. The van der Waals surface area contributed by atoms with Gasteiger partial charge in [0.15, 0.2) is 0 Å². The molecule has 0 aliphatic carbocycles. The van der Waals surface area contributed by atoms with E-state index < -0.39 is 19.0 Å². The largest absolute Gasteiger partial charge is 0.476 e. The third-order valence-corrected chi connectivity index (χ3v) is 2.11. The Balaban J connectivity index is 4.82. The van der Waals surface area contributed by atoms with Gasteiger partial charge in [-0.1, -0.05) is 5.16 Å². The molecule has 8 heteroatoms. The van der Waals surface area contributed by atoms with Crippen LogP contribution >= 0.6 is 7.60 Å². The van der Waals surface area contributed by atoms with Gasteiger partial charge in [0.1, 0.15) is 0 Å². The Morgan fingerprint density at radius 1 is 1.64 bits per heavy atom. The molecular weight excluding hydrogens is 177 g/mol. The summed E-state index contributed by atoms with van der Waals surface area (Å²) in [6.45, 7) is 0. The van der Waals surface area contributed by atoms with Crippen LogP contribution in [0.25, 0.3) is 0 Å². The summed E-state index contributed by atoms with van der Waals surface area (Å²) in [6, 6.07) is 0. The van der Waals surface area contributed by atoms with Crippen molar-refractivity contribution in [3.63, 3.8) is 0 Å². The minimum Gasteiger partial charge on any atom is -0.476 e. The molecular formula is C3H6NO6P. The zero-order chi connectivity index (χ0) is 9.07. The van der Waals surface area contributed by atoms with Crippen molar-refractivity contribution in [1.82, 2.24) is 0 Å². The summed E-state index contributed by atoms with van der Waals surface area (Å²) in [4.78, 5) is 18.6. The lowest BCUT2D eigenvalue weighted by Crippen LogP contribution is -2.14. The fraction of sp³-hybridized carbons (Fsp3) is 0.333. The van der Waals surface area contributed by atoms with E-state index in [1.54, 1.807) is 0 Å². The first-order valence-corrected chi connectivity index (χ1v) is 3.88. The predicted octanol–water partition coefficient (Wildman–Crippen LogP) is -0.310. The molecule has 0 heterocycles. The van der Waals surface area contributed by atoms with Gasteiger partial charge in [-0.15, -0.1) is 0 Å².